The number of rotatable bonds is 2. The number of fused-ring (bicyclic) bond motifs is 2. The van der Waals surface area contributed by atoms with Crippen LogP contribution < -0.4 is 5.19 Å². The molecule has 2 heterocycles. The molecule has 3 rings (SSSR count). The van der Waals surface area contributed by atoms with Crippen molar-refractivity contribution in [3.05, 3.63) is 29.8 Å². The third-order valence-corrected chi connectivity index (χ3v) is 9.89. The summed E-state index contributed by atoms with van der Waals surface area (Å²) in [6, 6.07) is 8.24. The van der Waals surface area contributed by atoms with Crippen molar-refractivity contribution in [3.63, 3.8) is 0 Å². The van der Waals surface area contributed by atoms with Gasteiger partial charge in [0.15, 0.2) is 9.84 Å². The Bertz CT molecular complexity index is 623. The fraction of sp³-hybridized carbons (Fsp3) is 0.625. The van der Waals surface area contributed by atoms with E-state index in [1.807, 2.05) is 12.1 Å². The van der Waals surface area contributed by atoms with Crippen molar-refractivity contribution < 1.29 is 13.5 Å². The van der Waals surface area contributed by atoms with Gasteiger partial charge in [-0.25, -0.2) is 8.42 Å². The maximum absolute atomic E-state index is 12.2. The second-order valence-electron chi connectivity index (χ2n) is 7.68. The molecular weight excluding hydrogens is 300 g/mol. The van der Waals surface area contributed by atoms with E-state index in [9.17, 15) is 13.5 Å². The summed E-state index contributed by atoms with van der Waals surface area (Å²) in [7, 11) is -4.34. The summed E-state index contributed by atoms with van der Waals surface area (Å²) in [5, 5.41) is 11.7. The summed E-state index contributed by atoms with van der Waals surface area (Å²) in [5.41, 5.74) is -0.0777. The first-order chi connectivity index (χ1) is 9.63. The third-order valence-electron chi connectivity index (χ3n) is 5.16. The van der Waals surface area contributed by atoms with Gasteiger partial charge in [0.1, 0.15) is 0 Å². The highest BCUT2D eigenvalue weighted by Crippen LogP contribution is 2.47. The van der Waals surface area contributed by atoms with E-state index in [2.05, 4.69) is 31.8 Å². The molecule has 116 valence electrons. The number of hydrogen-bond acceptors (Lipinski definition) is 3. The van der Waals surface area contributed by atoms with Crippen LogP contribution in [0.1, 0.15) is 31.2 Å². The molecule has 0 aliphatic carbocycles. The molecule has 2 saturated heterocycles. The van der Waals surface area contributed by atoms with Crippen LogP contribution >= 0.6 is 0 Å². The van der Waals surface area contributed by atoms with Gasteiger partial charge in [0.05, 0.1) is 24.2 Å². The third kappa shape index (κ3) is 2.49. The number of benzene rings is 1. The van der Waals surface area contributed by atoms with Crippen LogP contribution in [0.25, 0.3) is 0 Å². The lowest BCUT2D eigenvalue weighted by atomic mass is 9.86. The molecule has 0 saturated carbocycles. The van der Waals surface area contributed by atoms with Crippen LogP contribution in [0.15, 0.2) is 24.3 Å². The van der Waals surface area contributed by atoms with Gasteiger partial charge in [0, 0.05) is 0 Å². The van der Waals surface area contributed by atoms with Gasteiger partial charge < -0.3 is 5.11 Å². The van der Waals surface area contributed by atoms with Crippen molar-refractivity contribution >= 4 is 23.1 Å². The van der Waals surface area contributed by atoms with Crippen LogP contribution in [0.2, 0.25) is 19.6 Å². The molecule has 0 aromatic heterocycles. The average molecular weight is 325 g/mol. The highest BCUT2D eigenvalue weighted by Gasteiger charge is 2.53. The standard InChI is InChI=1S/C16H24O3SSi/c1-21(2,3)15-8-4-12(5-9-15)16(17)10-13-6-7-14(11-16)20(13,18)19/h4-5,8-9,13-14,17H,6-7,10-11H2,1-3H3. The minimum absolute atomic E-state index is 0.349. The Morgan fingerprint density at radius 2 is 1.52 bits per heavy atom. The van der Waals surface area contributed by atoms with Crippen molar-refractivity contribution in [3.8, 4) is 0 Å². The summed E-state index contributed by atoms with van der Waals surface area (Å²) >= 11 is 0. The van der Waals surface area contributed by atoms with Gasteiger partial charge in [-0.1, -0.05) is 49.1 Å². The van der Waals surface area contributed by atoms with Gasteiger partial charge in [-0.3, -0.25) is 0 Å². The van der Waals surface area contributed by atoms with Gasteiger partial charge in [-0.2, -0.15) is 0 Å². The Labute approximate surface area is 128 Å². The summed E-state index contributed by atoms with van der Waals surface area (Å²) in [6.45, 7) is 6.89. The summed E-state index contributed by atoms with van der Waals surface area (Å²) in [4.78, 5) is 0. The van der Waals surface area contributed by atoms with Crippen molar-refractivity contribution in [2.45, 2.75) is 61.4 Å². The fourth-order valence-electron chi connectivity index (χ4n) is 3.76. The summed E-state index contributed by atoms with van der Waals surface area (Å²) in [6.07, 6.45) is 2.14. The molecule has 2 aliphatic heterocycles. The van der Waals surface area contributed by atoms with Crippen molar-refractivity contribution in [1.82, 2.24) is 0 Å². The summed E-state index contributed by atoms with van der Waals surface area (Å²) in [5.74, 6) is 0. The Morgan fingerprint density at radius 1 is 1.05 bits per heavy atom. The normalized spacial score (nSPS) is 34.9. The predicted molar refractivity (Wildman–Crippen MR) is 88.3 cm³/mol. The van der Waals surface area contributed by atoms with E-state index in [-0.39, 0.29) is 10.5 Å². The maximum atomic E-state index is 12.2. The molecule has 2 atom stereocenters. The molecule has 2 unspecified atom stereocenters. The van der Waals surface area contributed by atoms with Crippen LogP contribution in [0, 0.1) is 0 Å². The lowest BCUT2D eigenvalue weighted by Gasteiger charge is -2.36. The minimum Gasteiger partial charge on any atom is -0.385 e. The zero-order chi connectivity index (χ0) is 15.5. The van der Waals surface area contributed by atoms with E-state index < -0.39 is 23.5 Å². The van der Waals surface area contributed by atoms with Crippen LogP contribution in [0.4, 0.5) is 0 Å². The first kappa shape index (κ1) is 15.3. The molecule has 1 aromatic carbocycles. The Hall–Kier alpha value is -0.653. The number of hydrogen-bond donors (Lipinski definition) is 1. The number of aliphatic hydroxyl groups is 1. The van der Waals surface area contributed by atoms with Crippen molar-refractivity contribution in [2.24, 2.45) is 0 Å². The fourth-order valence-corrected chi connectivity index (χ4v) is 7.42. The van der Waals surface area contributed by atoms with E-state index in [1.165, 1.54) is 5.19 Å². The smallest absolute Gasteiger partial charge is 0.156 e. The minimum atomic E-state index is -2.99. The molecule has 1 N–H and O–H groups in total. The molecular formula is C16H24O3SSi. The summed E-state index contributed by atoms with van der Waals surface area (Å²) < 4.78 is 24.3. The molecule has 5 heteroatoms. The molecule has 2 aliphatic rings. The van der Waals surface area contributed by atoms with Crippen LogP contribution in [-0.4, -0.2) is 32.1 Å². The molecule has 2 fully saturated rings. The van der Waals surface area contributed by atoms with Gasteiger partial charge in [0.25, 0.3) is 0 Å². The second kappa shape index (κ2) is 4.67. The second-order valence-corrected chi connectivity index (χ2v) is 15.3. The topological polar surface area (TPSA) is 54.4 Å². The molecule has 1 aromatic rings. The van der Waals surface area contributed by atoms with E-state index in [0.717, 1.165) is 5.56 Å². The highest BCUT2D eigenvalue weighted by molar-refractivity contribution is 7.93. The van der Waals surface area contributed by atoms with Crippen molar-refractivity contribution in [2.75, 3.05) is 0 Å². The molecule has 3 nitrogen and oxygen atoms in total. The monoisotopic (exact) mass is 324 g/mol. The van der Waals surface area contributed by atoms with Crippen LogP contribution in [-0.2, 0) is 15.4 Å². The molecule has 0 amide bonds. The van der Waals surface area contributed by atoms with Crippen LogP contribution in [0.5, 0.6) is 0 Å². The van der Waals surface area contributed by atoms with E-state index in [4.69, 9.17) is 0 Å². The predicted octanol–water partition coefficient (Wildman–Crippen LogP) is 2.16. The van der Waals surface area contributed by atoms with Gasteiger partial charge in [0.2, 0.25) is 0 Å². The Morgan fingerprint density at radius 3 is 1.95 bits per heavy atom. The van der Waals surface area contributed by atoms with E-state index >= 15 is 0 Å². The van der Waals surface area contributed by atoms with Gasteiger partial charge >= 0.3 is 0 Å². The largest absolute Gasteiger partial charge is 0.385 e. The highest BCUT2D eigenvalue weighted by atomic mass is 32.2. The average Bonchev–Trinajstić information content (AvgIpc) is 2.58. The van der Waals surface area contributed by atoms with Gasteiger partial charge in [-0.05, 0) is 31.2 Å². The molecule has 0 radical (unpaired) electrons. The van der Waals surface area contributed by atoms with E-state index in [0.29, 0.717) is 25.7 Å². The zero-order valence-corrected chi connectivity index (χ0v) is 14.8. The zero-order valence-electron chi connectivity index (χ0n) is 13.0. The first-order valence-electron chi connectivity index (χ1n) is 7.69. The Kier molecular flexibility index (Phi) is 3.39. The lowest BCUT2D eigenvalue weighted by molar-refractivity contribution is 0.0173. The lowest BCUT2D eigenvalue weighted by Crippen LogP contribution is -2.43. The Balaban J connectivity index is 1.91. The molecule has 0 spiro atoms. The van der Waals surface area contributed by atoms with Crippen molar-refractivity contribution in [1.29, 1.82) is 0 Å². The van der Waals surface area contributed by atoms with E-state index in [1.54, 1.807) is 0 Å². The molecule has 2 bridgehead atoms. The SMILES string of the molecule is C[Si](C)(C)c1ccc(C2(O)CC3CCC(C2)S3(=O)=O)cc1. The quantitative estimate of drug-likeness (QED) is 0.848. The first-order valence-corrected chi connectivity index (χ1v) is 12.8. The number of sulfone groups is 1. The molecule has 21 heavy (non-hydrogen) atoms. The van der Waals surface area contributed by atoms with Gasteiger partial charge in [-0.15, -0.1) is 0 Å². The maximum Gasteiger partial charge on any atom is 0.156 e. The van der Waals surface area contributed by atoms with Crippen LogP contribution in [0.3, 0.4) is 0 Å².